The van der Waals surface area contributed by atoms with Crippen LogP contribution in [0.3, 0.4) is 0 Å². The minimum Gasteiger partial charge on any atom is -0.343 e. The number of carbonyl (C=O) groups is 2. The summed E-state index contributed by atoms with van der Waals surface area (Å²) in [5.74, 6) is -0.186. The lowest BCUT2D eigenvalue weighted by molar-refractivity contribution is -0.132. The number of nitrogens with zero attached hydrogens (tertiary/aromatic N) is 2. The van der Waals surface area contributed by atoms with Crippen molar-refractivity contribution in [3.63, 3.8) is 0 Å². The van der Waals surface area contributed by atoms with E-state index in [1.54, 1.807) is 41.6 Å². The zero-order valence-electron chi connectivity index (χ0n) is 18.9. The minimum absolute atomic E-state index is 0.111. The van der Waals surface area contributed by atoms with E-state index in [4.69, 9.17) is 5.73 Å². The Morgan fingerprint density at radius 1 is 1.06 bits per heavy atom. The second-order valence-electron chi connectivity index (χ2n) is 8.63. The molecule has 0 bridgehead atoms. The molecule has 2 unspecified atom stereocenters. The topological polar surface area (TPSA) is 88.3 Å². The van der Waals surface area contributed by atoms with Gasteiger partial charge in [-0.25, -0.2) is 0 Å². The van der Waals surface area contributed by atoms with Crippen molar-refractivity contribution in [2.45, 2.75) is 37.6 Å². The molecule has 3 aromatic rings. The average Bonchev–Trinajstić information content (AvgIpc) is 3.07. The molecular weight excluding hydrogens is 412 g/mol. The maximum Gasteiger partial charge on any atom is 0.255 e. The molecule has 2 amide bonds. The molecule has 6 nitrogen and oxygen atoms in total. The smallest absolute Gasteiger partial charge is 0.255 e. The number of carbonyl (C=O) groups excluding carboxylic acids is 2. The van der Waals surface area contributed by atoms with Crippen LogP contribution in [0.25, 0.3) is 0 Å². The molecule has 0 saturated heterocycles. The fraction of sp³-hybridized carbons (Fsp3) is 0.296. The fourth-order valence-electron chi connectivity index (χ4n) is 4.45. The minimum atomic E-state index is -0.336. The number of rotatable bonds is 6. The third kappa shape index (κ3) is 5.46. The van der Waals surface area contributed by atoms with Crippen molar-refractivity contribution in [2.75, 3.05) is 18.9 Å². The molecule has 0 fully saturated rings. The molecule has 1 aliphatic rings. The van der Waals surface area contributed by atoms with Crippen LogP contribution in [0.1, 0.15) is 58.3 Å². The molecule has 4 rings (SSSR count). The Bertz CT molecular complexity index is 1100. The van der Waals surface area contributed by atoms with Gasteiger partial charge in [-0.15, -0.1) is 0 Å². The molecular formula is C27H30N4O2. The summed E-state index contributed by atoms with van der Waals surface area (Å²) in [6.45, 7) is 0.417. The van der Waals surface area contributed by atoms with Crippen LogP contribution in [-0.2, 0) is 11.2 Å². The Balaban J connectivity index is 1.39. The summed E-state index contributed by atoms with van der Waals surface area (Å²) in [4.78, 5) is 31.5. The van der Waals surface area contributed by atoms with Crippen LogP contribution in [0, 0.1) is 0 Å². The first kappa shape index (κ1) is 22.7. The van der Waals surface area contributed by atoms with Crippen molar-refractivity contribution in [1.29, 1.82) is 0 Å². The quantitative estimate of drug-likeness (QED) is 0.557. The number of benzene rings is 2. The van der Waals surface area contributed by atoms with Gasteiger partial charge >= 0.3 is 0 Å². The molecule has 0 radical (unpaired) electrons. The van der Waals surface area contributed by atoms with Crippen LogP contribution in [0.5, 0.6) is 0 Å². The third-order valence-electron chi connectivity index (χ3n) is 6.30. The predicted octanol–water partition coefficient (Wildman–Crippen LogP) is 4.30. The van der Waals surface area contributed by atoms with Crippen LogP contribution in [0.2, 0.25) is 0 Å². The van der Waals surface area contributed by atoms with Crippen LogP contribution < -0.4 is 11.1 Å². The molecule has 3 N–H and O–H groups in total. The highest BCUT2D eigenvalue weighted by atomic mass is 16.2. The number of hydrogen-bond donors (Lipinski definition) is 2. The van der Waals surface area contributed by atoms with Crippen molar-refractivity contribution >= 4 is 17.5 Å². The van der Waals surface area contributed by atoms with Gasteiger partial charge in [0.25, 0.3) is 5.91 Å². The lowest BCUT2D eigenvalue weighted by Gasteiger charge is -2.27. The first-order valence-corrected chi connectivity index (χ1v) is 11.4. The van der Waals surface area contributed by atoms with Crippen LogP contribution >= 0.6 is 0 Å². The van der Waals surface area contributed by atoms with Gasteiger partial charge in [-0.05, 0) is 60.2 Å². The van der Waals surface area contributed by atoms with Gasteiger partial charge in [-0.1, -0.05) is 42.8 Å². The molecule has 33 heavy (non-hydrogen) atoms. The van der Waals surface area contributed by atoms with Crippen LogP contribution in [-0.4, -0.2) is 35.3 Å². The second-order valence-corrected chi connectivity index (χ2v) is 8.63. The zero-order valence-corrected chi connectivity index (χ0v) is 18.9. The molecule has 0 saturated carbocycles. The number of fused-ring (bicyclic) bond motifs is 1. The molecule has 1 heterocycles. The lowest BCUT2D eigenvalue weighted by atomic mass is 9.91. The van der Waals surface area contributed by atoms with Crippen molar-refractivity contribution in [3.05, 3.63) is 95.3 Å². The van der Waals surface area contributed by atoms with E-state index in [9.17, 15) is 9.59 Å². The molecule has 2 atom stereocenters. The van der Waals surface area contributed by atoms with Crippen molar-refractivity contribution in [3.8, 4) is 0 Å². The number of pyridine rings is 1. The molecule has 2 aromatic carbocycles. The Morgan fingerprint density at radius 2 is 1.79 bits per heavy atom. The summed E-state index contributed by atoms with van der Waals surface area (Å²) in [6, 6.07) is 18.7. The van der Waals surface area contributed by atoms with Gasteiger partial charge in [-0.3, -0.25) is 14.6 Å². The number of nitrogens with two attached hydrogens (primary N) is 1. The summed E-state index contributed by atoms with van der Waals surface area (Å²) in [6.07, 6.45) is 7.33. The predicted molar refractivity (Wildman–Crippen MR) is 130 cm³/mol. The summed E-state index contributed by atoms with van der Waals surface area (Å²) in [5.41, 5.74) is 11.0. The molecule has 1 aliphatic carbocycles. The van der Waals surface area contributed by atoms with E-state index in [-0.39, 0.29) is 23.8 Å². The van der Waals surface area contributed by atoms with E-state index in [0.29, 0.717) is 17.8 Å². The standard InChI is InChI=1S/C27H30N4O2/c1-31(27(33)24-9-5-3-7-19-6-2-4-8-23(19)24)18-25(28)20-10-12-21(13-11-20)26(32)30-22-14-16-29-17-15-22/h2,4,6,8,10-17,24-25H,3,5,7,9,18,28H2,1H3,(H,29,30,32). The van der Waals surface area contributed by atoms with Gasteiger partial charge in [0.05, 0.1) is 5.92 Å². The monoisotopic (exact) mass is 442 g/mol. The van der Waals surface area contributed by atoms with Gasteiger partial charge in [0, 0.05) is 43.3 Å². The van der Waals surface area contributed by atoms with Crippen molar-refractivity contribution in [1.82, 2.24) is 9.88 Å². The Hall–Kier alpha value is -3.51. The maximum atomic E-state index is 13.3. The van der Waals surface area contributed by atoms with E-state index in [1.165, 1.54) is 5.56 Å². The first-order valence-electron chi connectivity index (χ1n) is 11.4. The SMILES string of the molecule is CN(CC(N)c1ccc(C(=O)Nc2ccncc2)cc1)C(=O)C1CCCCc2ccccc21. The normalized spacial score (nSPS) is 16.2. The van der Waals surface area contributed by atoms with Crippen LogP contribution in [0.15, 0.2) is 73.1 Å². The van der Waals surface area contributed by atoms with E-state index in [1.807, 2.05) is 31.3 Å². The van der Waals surface area contributed by atoms with Gasteiger partial charge in [0.2, 0.25) is 5.91 Å². The summed E-state index contributed by atoms with van der Waals surface area (Å²) in [7, 11) is 1.83. The number of hydrogen-bond acceptors (Lipinski definition) is 4. The summed E-state index contributed by atoms with van der Waals surface area (Å²) in [5, 5.41) is 2.84. The van der Waals surface area contributed by atoms with E-state index >= 15 is 0 Å². The fourth-order valence-corrected chi connectivity index (χ4v) is 4.45. The Morgan fingerprint density at radius 3 is 2.55 bits per heavy atom. The van der Waals surface area contributed by atoms with Gasteiger partial charge < -0.3 is 16.0 Å². The third-order valence-corrected chi connectivity index (χ3v) is 6.30. The Labute approximate surface area is 194 Å². The van der Waals surface area contributed by atoms with Crippen LogP contribution in [0.4, 0.5) is 5.69 Å². The number of aromatic nitrogens is 1. The largest absolute Gasteiger partial charge is 0.343 e. The second kappa shape index (κ2) is 10.4. The first-order chi connectivity index (χ1) is 16.0. The summed E-state index contributed by atoms with van der Waals surface area (Å²) < 4.78 is 0. The number of nitrogens with one attached hydrogen (secondary N) is 1. The lowest BCUT2D eigenvalue weighted by Crippen LogP contribution is -2.37. The number of amides is 2. The van der Waals surface area contributed by atoms with Gasteiger partial charge in [0.1, 0.15) is 0 Å². The molecule has 6 heteroatoms. The van der Waals surface area contributed by atoms with Crippen molar-refractivity contribution < 1.29 is 9.59 Å². The number of anilines is 1. The molecule has 1 aromatic heterocycles. The van der Waals surface area contributed by atoms with Gasteiger partial charge in [-0.2, -0.15) is 0 Å². The summed E-state index contributed by atoms with van der Waals surface area (Å²) >= 11 is 0. The van der Waals surface area contributed by atoms with E-state index < -0.39 is 0 Å². The number of aryl methyl sites for hydroxylation is 1. The zero-order chi connectivity index (χ0) is 23.2. The highest BCUT2D eigenvalue weighted by Crippen LogP contribution is 2.32. The van der Waals surface area contributed by atoms with Gasteiger partial charge in [0.15, 0.2) is 0 Å². The molecule has 0 spiro atoms. The average molecular weight is 443 g/mol. The molecule has 0 aliphatic heterocycles. The van der Waals surface area contributed by atoms with E-state index in [0.717, 1.165) is 36.8 Å². The van der Waals surface area contributed by atoms with Crippen molar-refractivity contribution in [2.24, 2.45) is 5.73 Å². The highest BCUT2D eigenvalue weighted by Gasteiger charge is 2.28. The maximum absolute atomic E-state index is 13.3. The highest BCUT2D eigenvalue weighted by molar-refractivity contribution is 6.04. The molecule has 170 valence electrons. The van der Waals surface area contributed by atoms with E-state index in [2.05, 4.69) is 22.4 Å². The number of likely N-dealkylation sites (N-methyl/N-ethyl adjacent to an activating group) is 1. The Kier molecular flexibility index (Phi) is 7.15.